The molecule has 0 spiro atoms. The van der Waals surface area contributed by atoms with Crippen LogP contribution < -0.4 is 5.32 Å². The van der Waals surface area contributed by atoms with Crippen molar-refractivity contribution in [1.29, 1.82) is 0 Å². The van der Waals surface area contributed by atoms with Crippen molar-refractivity contribution >= 4 is 5.95 Å². The normalized spacial score (nSPS) is 10.8. The maximum absolute atomic E-state index is 5.06. The third-order valence-electron chi connectivity index (χ3n) is 2.44. The molecule has 2 aromatic rings. The molecule has 0 unspecified atom stereocenters. The van der Waals surface area contributed by atoms with Gasteiger partial charge in [-0.05, 0) is 20.3 Å². The fraction of sp³-hybridized carbons (Fsp3) is 0.500. The average Bonchev–Trinajstić information content (AvgIpc) is 2.83. The number of rotatable bonds is 5. The summed E-state index contributed by atoms with van der Waals surface area (Å²) in [4.78, 5) is 4.44. The third-order valence-corrected chi connectivity index (χ3v) is 2.44. The van der Waals surface area contributed by atoms with Crippen LogP contribution in [0.2, 0.25) is 0 Å². The van der Waals surface area contributed by atoms with Crippen LogP contribution in [0.15, 0.2) is 16.8 Å². The zero-order chi connectivity index (χ0) is 12.3. The number of nitrogens with one attached hydrogen (secondary N) is 1. The van der Waals surface area contributed by atoms with Gasteiger partial charge in [0.05, 0.1) is 12.2 Å². The summed E-state index contributed by atoms with van der Waals surface area (Å²) in [5.74, 6) is 1.73. The minimum atomic E-state index is 0.685. The molecule has 92 valence electrons. The molecule has 0 radical (unpaired) electrons. The number of aryl methyl sites for hydroxylation is 2. The van der Waals surface area contributed by atoms with E-state index in [0.717, 1.165) is 36.1 Å². The Labute approximate surface area is 101 Å². The van der Waals surface area contributed by atoms with Gasteiger partial charge >= 0.3 is 0 Å². The molecule has 0 atom stereocenters. The summed E-state index contributed by atoms with van der Waals surface area (Å²) in [6.07, 6.45) is 3.09. The van der Waals surface area contributed by atoms with Crippen molar-refractivity contribution in [2.24, 2.45) is 0 Å². The number of aromatic nitrogens is 3. The highest BCUT2D eigenvalue weighted by Crippen LogP contribution is 2.12. The van der Waals surface area contributed by atoms with Gasteiger partial charge < -0.3 is 14.4 Å². The number of hydrogen-bond acceptors (Lipinski definition) is 4. The first-order chi connectivity index (χ1) is 8.19. The fourth-order valence-corrected chi connectivity index (χ4v) is 1.71. The first-order valence-electron chi connectivity index (χ1n) is 5.89. The van der Waals surface area contributed by atoms with Crippen molar-refractivity contribution in [2.45, 2.75) is 33.7 Å². The van der Waals surface area contributed by atoms with E-state index >= 15 is 0 Å². The van der Waals surface area contributed by atoms with Gasteiger partial charge in [0.1, 0.15) is 11.5 Å². The predicted octanol–water partition coefficient (Wildman–Crippen LogP) is 2.36. The van der Waals surface area contributed by atoms with Crippen LogP contribution in [0.1, 0.15) is 30.5 Å². The smallest absolute Gasteiger partial charge is 0.203 e. The maximum Gasteiger partial charge on any atom is 0.203 e. The van der Waals surface area contributed by atoms with E-state index in [4.69, 9.17) is 4.52 Å². The molecule has 2 rings (SSSR count). The lowest BCUT2D eigenvalue weighted by molar-refractivity contribution is 0.389. The van der Waals surface area contributed by atoms with Gasteiger partial charge in [-0.3, -0.25) is 0 Å². The van der Waals surface area contributed by atoms with E-state index in [1.165, 1.54) is 0 Å². The SMILES string of the molecule is CCCNc1nc(C)cn1Cc1cc(C)on1. The van der Waals surface area contributed by atoms with E-state index in [2.05, 4.69) is 26.9 Å². The van der Waals surface area contributed by atoms with Gasteiger partial charge in [-0.25, -0.2) is 4.98 Å². The Morgan fingerprint density at radius 2 is 2.24 bits per heavy atom. The van der Waals surface area contributed by atoms with Crippen LogP contribution in [-0.4, -0.2) is 21.3 Å². The minimum Gasteiger partial charge on any atom is -0.361 e. The molecule has 0 amide bonds. The largest absolute Gasteiger partial charge is 0.361 e. The van der Waals surface area contributed by atoms with Crippen molar-refractivity contribution in [3.63, 3.8) is 0 Å². The van der Waals surface area contributed by atoms with E-state index in [9.17, 15) is 0 Å². The Bertz CT molecular complexity index is 486. The maximum atomic E-state index is 5.06. The first kappa shape index (κ1) is 11.7. The van der Waals surface area contributed by atoms with Crippen molar-refractivity contribution in [1.82, 2.24) is 14.7 Å². The molecule has 0 aliphatic heterocycles. The first-order valence-corrected chi connectivity index (χ1v) is 5.89. The molecule has 5 nitrogen and oxygen atoms in total. The van der Waals surface area contributed by atoms with Crippen LogP contribution in [0.25, 0.3) is 0 Å². The molecular formula is C12H18N4O. The van der Waals surface area contributed by atoms with Crippen LogP contribution in [0.3, 0.4) is 0 Å². The molecule has 0 saturated heterocycles. The van der Waals surface area contributed by atoms with E-state index in [1.54, 1.807) is 0 Å². The Hall–Kier alpha value is -1.78. The van der Waals surface area contributed by atoms with Crippen molar-refractivity contribution in [3.05, 3.63) is 29.4 Å². The minimum absolute atomic E-state index is 0.685. The average molecular weight is 234 g/mol. The molecule has 1 N–H and O–H groups in total. The predicted molar refractivity (Wildman–Crippen MR) is 66.1 cm³/mol. The van der Waals surface area contributed by atoms with E-state index in [-0.39, 0.29) is 0 Å². The lowest BCUT2D eigenvalue weighted by atomic mass is 10.4. The highest BCUT2D eigenvalue weighted by Gasteiger charge is 2.07. The molecular weight excluding hydrogens is 216 g/mol. The second kappa shape index (κ2) is 5.03. The summed E-state index contributed by atoms with van der Waals surface area (Å²) in [6, 6.07) is 1.94. The summed E-state index contributed by atoms with van der Waals surface area (Å²) >= 11 is 0. The van der Waals surface area contributed by atoms with E-state index < -0.39 is 0 Å². The number of hydrogen-bond donors (Lipinski definition) is 1. The standard InChI is InChI=1S/C12H18N4O/c1-4-5-13-12-14-9(2)7-16(12)8-11-6-10(3)17-15-11/h6-7H,4-5,8H2,1-3H3,(H,13,14). The fourth-order valence-electron chi connectivity index (χ4n) is 1.71. The number of anilines is 1. The van der Waals surface area contributed by atoms with Crippen molar-refractivity contribution in [3.8, 4) is 0 Å². The second-order valence-corrected chi connectivity index (χ2v) is 4.19. The second-order valence-electron chi connectivity index (χ2n) is 4.19. The lowest BCUT2D eigenvalue weighted by Gasteiger charge is -2.06. The molecule has 0 aromatic carbocycles. The van der Waals surface area contributed by atoms with Gasteiger partial charge in [0.15, 0.2) is 0 Å². The van der Waals surface area contributed by atoms with Gasteiger partial charge in [-0.15, -0.1) is 0 Å². The highest BCUT2D eigenvalue weighted by molar-refractivity contribution is 5.29. The van der Waals surface area contributed by atoms with Gasteiger partial charge in [0, 0.05) is 18.8 Å². The lowest BCUT2D eigenvalue weighted by Crippen LogP contribution is -2.08. The molecule has 0 saturated carbocycles. The Kier molecular flexibility index (Phi) is 3.46. The summed E-state index contributed by atoms with van der Waals surface area (Å²) < 4.78 is 7.12. The summed E-state index contributed by atoms with van der Waals surface area (Å²) in [5.41, 5.74) is 1.92. The summed E-state index contributed by atoms with van der Waals surface area (Å²) in [5, 5.41) is 7.29. The Morgan fingerprint density at radius 3 is 2.88 bits per heavy atom. The Morgan fingerprint density at radius 1 is 1.41 bits per heavy atom. The highest BCUT2D eigenvalue weighted by atomic mass is 16.5. The summed E-state index contributed by atoms with van der Waals surface area (Å²) in [6.45, 7) is 7.63. The van der Waals surface area contributed by atoms with Gasteiger partial charge in [0.25, 0.3) is 0 Å². The van der Waals surface area contributed by atoms with Gasteiger partial charge in [-0.1, -0.05) is 12.1 Å². The van der Waals surface area contributed by atoms with Crippen LogP contribution >= 0.6 is 0 Å². The van der Waals surface area contributed by atoms with Gasteiger partial charge in [0.2, 0.25) is 5.95 Å². The van der Waals surface area contributed by atoms with E-state index in [1.807, 2.05) is 26.1 Å². The molecule has 2 aromatic heterocycles. The molecule has 0 fully saturated rings. The molecule has 0 bridgehead atoms. The molecule has 5 heteroatoms. The van der Waals surface area contributed by atoms with Crippen LogP contribution in [0.4, 0.5) is 5.95 Å². The van der Waals surface area contributed by atoms with Crippen molar-refractivity contribution < 1.29 is 4.52 Å². The van der Waals surface area contributed by atoms with Gasteiger partial charge in [-0.2, -0.15) is 0 Å². The summed E-state index contributed by atoms with van der Waals surface area (Å²) in [7, 11) is 0. The quantitative estimate of drug-likeness (QED) is 0.862. The number of imidazole rings is 1. The monoisotopic (exact) mass is 234 g/mol. The molecule has 0 aliphatic rings. The molecule has 0 aliphatic carbocycles. The zero-order valence-electron chi connectivity index (χ0n) is 10.5. The van der Waals surface area contributed by atoms with Crippen LogP contribution in [-0.2, 0) is 6.54 Å². The Balaban J connectivity index is 2.14. The van der Waals surface area contributed by atoms with E-state index in [0.29, 0.717) is 6.54 Å². The van der Waals surface area contributed by atoms with Crippen LogP contribution in [0.5, 0.6) is 0 Å². The van der Waals surface area contributed by atoms with Crippen molar-refractivity contribution in [2.75, 3.05) is 11.9 Å². The third kappa shape index (κ3) is 2.87. The number of nitrogens with zero attached hydrogens (tertiary/aromatic N) is 3. The zero-order valence-corrected chi connectivity index (χ0v) is 10.5. The van der Waals surface area contributed by atoms with Crippen LogP contribution in [0, 0.1) is 13.8 Å². The molecule has 2 heterocycles. The molecule has 17 heavy (non-hydrogen) atoms. The topological polar surface area (TPSA) is 55.9 Å².